The normalized spacial score (nSPS) is 18.8. The Kier molecular flexibility index (Phi) is 5.82. The Morgan fingerprint density at radius 2 is 1.82 bits per heavy atom. The van der Waals surface area contributed by atoms with Crippen LogP contribution in [-0.4, -0.2) is 44.9 Å². The summed E-state index contributed by atoms with van der Waals surface area (Å²) in [6.45, 7) is 5.02. The zero-order valence-electron chi connectivity index (χ0n) is 15.9. The minimum absolute atomic E-state index is 0. The van der Waals surface area contributed by atoms with Crippen LogP contribution in [0.1, 0.15) is 33.2 Å². The van der Waals surface area contributed by atoms with Gasteiger partial charge in [0.2, 0.25) is 0 Å². The lowest BCUT2D eigenvalue weighted by atomic mass is 9.95. The summed E-state index contributed by atoms with van der Waals surface area (Å²) in [6, 6.07) is 18.0. The van der Waals surface area contributed by atoms with Gasteiger partial charge in [-0.2, -0.15) is 0 Å². The number of nitrogens with two attached hydrogens (primary N) is 1. The van der Waals surface area contributed by atoms with Crippen molar-refractivity contribution in [3.8, 4) is 5.69 Å². The lowest BCUT2D eigenvalue weighted by Gasteiger charge is -2.15. The number of carbonyl (C=O) groups excluding carboxylic acids is 1. The van der Waals surface area contributed by atoms with Gasteiger partial charge in [-0.3, -0.25) is 4.79 Å². The van der Waals surface area contributed by atoms with Crippen molar-refractivity contribution in [2.75, 3.05) is 13.1 Å². The standard InChI is InChI=1S/C21H23N5O.ClH/c1-14-7-6-10-17(11-14)26-15(2)20(23-24-26)21(27)25-12-18(19(22)13-25)16-8-4-3-5-9-16;/h3-11,18-19H,12-13,22H2,1-2H3;1H/t18-,19+;/m0./s1. The van der Waals surface area contributed by atoms with Crippen LogP contribution in [0.5, 0.6) is 0 Å². The van der Waals surface area contributed by atoms with E-state index in [0.29, 0.717) is 18.8 Å². The molecule has 2 atom stereocenters. The van der Waals surface area contributed by atoms with Gasteiger partial charge in [-0.15, -0.1) is 17.5 Å². The fourth-order valence-corrected chi connectivity index (χ4v) is 3.73. The second-order valence-corrected chi connectivity index (χ2v) is 7.17. The van der Waals surface area contributed by atoms with E-state index < -0.39 is 0 Å². The van der Waals surface area contributed by atoms with Gasteiger partial charge in [0.25, 0.3) is 5.91 Å². The third-order valence-electron chi connectivity index (χ3n) is 5.22. The molecule has 28 heavy (non-hydrogen) atoms. The smallest absolute Gasteiger partial charge is 0.276 e. The Balaban J connectivity index is 0.00000225. The Hall–Kier alpha value is -2.70. The Morgan fingerprint density at radius 3 is 2.54 bits per heavy atom. The summed E-state index contributed by atoms with van der Waals surface area (Å²) < 4.78 is 1.71. The van der Waals surface area contributed by atoms with Gasteiger partial charge in [-0.25, -0.2) is 4.68 Å². The molecule has 0 saturated carbocycles. The van der Waals surface area contributed by atoms with E-state index in [9.17, 15) is 4.79 Å². The molecular formula is C21H24ClN5O. The number of halogens is 1. The predicted octanol–water partition coefficient (Wildman–Crippen LogP) is 2.87. The fraction of sp³-hybridized carbons (Fsp3) is 0.286. The molecule has 0 unspecified atom stereocenters. The molecule has 1 fully saturated rings. The third kappa shape index (κ3) is 3.66. The van der Waals surface area contributed by atoms with Crippen LogP contribution in [0, 0.1) is 13.8 Å². The lowest BCUT2D eigenvalue weighted by Crippen LogP contribution is -2.32. The molecule has 1 aromatic heterocycles. The van der Waals surface area contributed by atoms with E-state index in [2.05, 4.69) is 22.4 Å². The van der Waals surface area contributed by atoms with Gasteiger partial charge in [0.05, 0.1) is 11.4 Å². The molecule has 0 aliphatic carbocycles. The van der Waals surface area contributed by atoms with E-state index in [1.54, 1.807) is 9.58 Å². The Morgan fingerprint density at radius 1 is 1.07 bits per heavy atom. The minimum Gasteiger partial charge on any atom is -0.335 e. The average Bonchev–Trinajstić information content (AvgIpc) is 3.25. The topological polar surface area (TPSA) is 77.0 Å². The number of likely N-dealkylation sites (tertiary alicyclic amines) is 1. The maximum atomic E-state index is 13.1. The number of hydrogen-bond acceptors (Lipinski definition) is 4. The van der Waals surface area contributed by atoms with E-state index in [0.717, 1.165) is 16.9 Å². The number of nitrogens with zero attached hydrogens (tertiary/aromatic N) is 4. The number of aryl methyl sites for hydroxylation is 1. The molecule has 1 aliphatic rings. The number of rotatable bonds is 3. The number of benzene rings is 2. The van der Waals surface area contributed by atoms with Crippen molar-refractivity contribution in [2.45, 2.75) is 25.8 Å². The van der Waals surface area contributed by atoms with E-state index in [-0.39, 0.29) is 30.3 Å². The van der Waals surface area contributed by atoms with Crippen LogP contribution in [0.25, 0.3) is 5.69 Å². The monoisotopic (exact) mass is 397 g/mol. The molecule has 2 aromatic carbocycles. The van der Waals surface area contributed by atoms with Gasteiger partial charge >= 0.3 is 0 Å². The van der Waals surface area contributed by atoms with Crippen LogP contribution in [0.2, 0.25) is 0 Å². The molecule has 146 valence electrons. The van der Waals surface area contributed by atoms with Crippen LogP contribution in [0.4, 0.5) is 0 Å². The summed E-state index contributed by atoms with van der Waals surface area (Å²) in [6.07, 6.45) is 0. The highest BCUT2D eigenvalue weighted by molar-refractivity contribution is 5.93. The molecular weight excluding hydrogens is 374 g/mol. The molecule has 7 heteroatoms. The summed E-state index contributed by atoms with van der Waals surface area (Å²) in [4.78, 5) is 14.8. The summed E-state index contributed by atoms with van der Waals surface area (Å²) >= 11 is 0. The first kappa shape index (κ1) is 20.0. The number of aromatic nitrogens is 3. The zero-order valence-corrected chi connectivity index (χ0v) is 16.8. The molecule has 4 rings (SSSR count). The van der Waals surface area contributed by atoms with Gasteiger partial charge in [0, 0.05) is 25.0 Å². The molecule has 2 heterocycles. The first-order valence-corrected chi connectivity index (χ1v) is 9.13. The summed E-state index contributed by atoms with van der Waals surface area (Å²) in [5.41, 5.74) is 10.7. The van der Waals surface area contributed by atoms with Gasteiger partial charge in [-0.05, 0) is 37.1 Å². The van der Waals surface area contributed by atoms with E-state index >= 15 is 0 Å². The molecule has 0 spiro atoms. The summed E-state index contributed by atoms with van der Waals surface area (Å²) in [7, 11) is 0. The highest BCUT2D eigenvalue weighted by Crippen LogP contribution is 2.27. The van der Waals surface area contributed by atoms with Crippen LogP contribution in [0.15, 0.2) is 54.6 Å². The Bertz CT molecular complexity index is 972. The second-order valence-electron chi connectivity index (χ2n) is 7.17. The third-order valence-corrected chi connectivity index (χ3v) is 5.22. The minimum atomic E-state index is -0.111. The van der Waals surface area contributed by atoms with Crippen molar-refractivity contribution in [3.05, 3.63) is 77.1 Å². The quantitative estimate of drug-likeness (QED) is 0.737. The van der Waals surface area contributed by atoms with Crippen LogP contribution < -0.4 is 5.73 Å². The molecule has 1 aliphatic heterocycles. The van der Waals surface area contributed by atoms with Crippen molar-refractivity contribution in [1.82, 2.24) is 19.9 Å². The van der Waals surface area contributed by atoms with Crippen molar-refractivity contribution in [2.24, 2.45) is 5.73 Å². The summed E-state index contributed by atoms with van der Waals surface area (Å²) in [5, 5.41) is 8.37. The van der Waals surface area contributed by atoms with Crippen molar-refractivity contribution < 1.29 is 4.79 Å². The average molecular weight is 398 g/mol. The van der Waals surface area contributed by atoms with Crippen LogP contribution in [-0.2, 0) is 0 Å². The van der Waals surface area contributed by atoms with Gasteiger partial charge in [0.1, 0.15) is 0 Å². The van der Waals surface area contributed by atoms with E-state index in [1.165, 1.54) is 5.56 Å². The highest BCUT2D eigenvalue weighted by Gasteiger charge is 2.35. The van der Waals surface area contributed by atoms with Crippen LogP contribution >= 0.6 is 12.4 Å². The van der Waals surface area contributed by atoms with Gasteiger partial charge in [-0.1, -0.05) is 47.7 Å². The molecule has 0 radical (unpaired) electrons. The van der Waals surface area contributed by atoms with Crippen molar-refractivity contribution in [1.29, 1.82) is 0 Å². The zero-order chi connectivity index (χ0) is 19.0. The number of amides is 1. The van der Waals surface area contributed by atoms with Crippen molar-refractivity contribution in [3.63, 3.8) is 0 Å². The lowest BCUT2D eigenvalue weighted by molar-refractivity contribution is 0.0782. The number of carbonyl (C=O) groups is 1. The highest BCUT2D eigenvalue weighted by atomic mass is 35.5. The van der Waals surface area contributed by atoms with Crippen molar-refractivity contribution >= 4 is 18.3 Å². The molecule has 6 nitrogen and oxygen atoms in total. The summed E-state index contributed by atoms with van der Waals surface area (Å²) in [5.74, 6) is 0.0301. The SMILES string of the molecule is Cc1cccc(-n2nnc(C(=O)N3C[C@@H](N)[C@H](c4ccccc4)C3)c2C)c1.Cl. The predicted molar refractivity (Wildman–Crippen MR) is 111 cm³/mol. The molecule has 0 bridgehead atoms. The molecule has 1 saturated heterocycles. The van der Waals surface area contributed by atoms with E-state index in [1.807, 2.05) is 56.3 Å². The first-order valence-electron chi connectivity index (χ1n) is 9.13. The molecule has 1 amide bonds. The van der Waals surface area contributed by atoms with Gasteiger partial charge < -0.3 is 10.6 Å². The maximum Gasteiger partial charge on any atom is 0.276 e. The maximum absolute atomic E-state index is 13.1. The second kappa shape index (κ2) is 8.12. The fourth-order valence-electron chi connectivity index (χ4n) is 3.73. The number of hydrogen-bond donors (Lipinski definition) is 1. The first-order chi connectivity index (χ1) is 13.0. The molecule has 3 aromatic rings. The van der Waals surface area contributed by atoms with Gasteiger partial charge in [0.15, 0.2) is 5.69 Å². The van der Waals surface area contributed by atoms with E-state index in [4.69, 9.17) is 5.73 Å². The molecule has 2 N–H and O–H groups in total. The largest absolute Gasteiger partial charge is 0.335 e. The van der Waals surface area contributed by atoms with Crippen LogP contribution in [0.3, 0.4) is 0 Å². The Labute approximate surface area is 170 Å².